The lowest BCUT2D eigenvalue weighted by atomic mass is 10.3. The van der Waals surface area contributed by atoms with Crippen LogP contribution in [0.1, 0.15) is 5.69 Å². The largest absolute Gasteiger partial charge is 0.461 e. The molecule has 12 heavy (non-hydrogen) atoms. The Labute approximate surface area is 69.0 Å². The number of anilines is 1. The van der Waals surface area contributed by atoms with Crippen molar-refractivity contribution in [2.75, 3.05) is 5.73 Å². The van der Waals surface area contributed by atoms with Crippen molar-refractivity contribution in [2.24, 2.45) is 0 Å². The summed E-state index contributed by atoms with van der Waals surface area (Å²) >= 11 is 0. The fraction of sp³-hybridized carbons (Fsp3) is 0.125. The number of hydrogen-bond donors (Lipinski definition) is 1. The summed E-state index contributed by atoms with van der Waals surface area (Å²) in [5.74, 6) is 1.10. The number of nitrogen functional groups attached to an aromatic ring is 1. The standard InChI is InChI=1S/C8H8N2O2/c1-5-7(9)8(12-10-5)6-3-2-4-11-6/h2-4H,9H2,1H3. The molecule has 0 unspecified atom stereocenters. The minimum Gasteiger partial charge on any atom is -0.461 e. The molecule has 0 saturated carbocycles. The predicted molar refractivity (Wildman–Crippen MR) is 43.4 cm³/mol. The van der Waals surface area contributed by atoms with Gasteiger partial charge in [0.25, 0.3) is 0 Å². The van der Waals surface area contributed by atoms with E-state index in [0.717, 1.165) is 0 Å². The number of aromatic nitrogens is 1. The molecule has 62 valence electrons. The molecule has 0 aliphatic heterocycles. The van der Waals surface area contributed by atoms with Crippen molar-refractivity contribution in [1.82, 2.24) is 5.16 Å². The van der Waals surface area contributed by atoms with Gasteiger partial charge in [0.1, 0.15) is 11.4 Å². The van der Waals surface area contributed by atoms with Crippen LogP contribution < -0.4 is 5.73 Å². The van der Waals surface area contributed by atoms with E-state index < -0.39 is 0 Å². The van der Waals surface area contributed by atoms with Gasteiger partial charge in [0.05, 0.1) is 6.26 Å². The Morgan fingerprint density at radius 3 is 2.83 bits per heavy atom. The lowest BCUT2D eigenvalue weighted by Crippen LogP contribution is -1.86. The quantitative estimate of drug-likeness (QED) is 0.698. The number of nitrogens with zero attached hydrogens (tertiary/aromatic N) is 1. The van der Waals surface area contributed by atoms with Gasteiger partial charge in [-0.1, -0.05) is 5.16 Å². The van der Waals surface area contributed by atoms with Crippen LogP contribution in [-0.2, 0) is 0 Å². The molecule has 2 aromatic rings. The Balaban J connectivity index is 2.55. The molecule has 4 heteroatoms. The monoisotopic (exact) mass is 164 g/mol. The molecule has 2 heterocycles. The maximum absolute atomic E-state index is 5.68. The number of rotatable bonds is 1. The highest BCUT2D eigenvalue weighted by molar-refractivity contribution is 5.68. The van der Waals surface area contributed by atoms with Gasteiger partial charge in [-0.2, -0.15) is 0 Å². The third kappa shape index (κ3) is 0.887. The van der Waals surface area contributed by atoms with Gasteiger partial charge >= 0.3 is 0 Å². The van der Waals surface area contributed by atoms with E-state index in [2.05, 4.69) is 5.16 Å². The minimum absolute atomic E-state index is 0.498. The molecule has 2 N–H and O–H groups in total. The molecule has 0 amide bonds. The SMILES string of the molecule is Cc1noc(-c2ccco2)c1N. The number of hydrogen-bond acceptors (Lipinski definition) is 4. The van der Waals surface area contributed by atoms with Crippen LogP contribution in [-0.4, -0.2) is 5.16 Å². The summed E-state index contributed by atoms with van der Waals surface area (Å²) in [6, 6.07) is 3.54. The van der Waals surface area contributed by atoms with Gasteiger partial charge in [-0.05, 0) is 19.1 Å². The van der Waals surface area contributed by atoms with Crippen LogP contribution in [0.4, 0.5) is 5.69 Å². The third-order valence-electron chi connectivity index (χ3n) is 1.65. The van der Waals surface area contributed by atoms with Crippen LogP contribution in [0.3, 0.4) is 0 Å². The van der Waals surface area contributed by atoms with Gasteiger partial charge in [0, 0.05) is 0 Å². The molecule has 0 bridgehead atoms. The topological polar surface area (TPSA) is 65.2 Å². The summed E-state index contributed by atoms with van der Waals surface area (Å²) in [6.45, 7) is 1.78. The van der Waals surface area contributed by atoms with Crippen molar-refractivity contribution in [1.29, 1.82) is 0 Å². The number of aryl methyl sites for hydroxylation is 1. The summed E-state index contributed by atoms with van der Waals surface area (Å²) < 4.78 is 10.1. The fourth-order valence-corrected chi connectivity index (χ4v) is 0.962. The van der Waals surface area contributed by atoms with Gasteiger partial charge < -0.3 is 14.7 Å². The van der Waals surface area contributed by atoms with Crippen molar-refractivity contribution in [3.63, 3.8) is 0 Å². The van der Waals surface area contributed by atoms with Crippen molar-refractivity contribution in [3.8, 4) is 11.5 Å². The molecular weight excluding hydrogens is 156 g/mol. The van der Waals surface area contributed by atoms with Crippen LogP contribution in [0.2, 0.25) is 0 Å². The molecule has 0 fully saturated rings. The highest BCUT2D eigenvalue weighted by Gasteiger charge is 2.13. The zero-order chi connectivity index (χ0) is 8.55. The second-order valence-electron chi connectivity index (χ2n) is 2.49. The molecule has 0 aliphatic rings. The Bertz CT molecular complexity index is 376. The first-order valence-electron chi connectivity index (χ1n) is 3.54. The summed E-state index contributed by atoms with van der Waals surface area (Å²) in [4.78, 5) is 0. The summed E-state index contributed by atoms with van der Waals surface area (Å²) in [5.41, 5.74) is 6.89. The van der Waals surface area contributed by atoms with Crippen LogP contribution in [0.5, 0.6) is 0 Å². The Hall–Kier alpha value is -1.71. The van der Waals surface area contributed by atoms with Crippen molar-refractivity contribution < 1.29 is 8.94 Å². The van der Waals surface area contributed by atoms with Gasteiger partial charge in [0.15, 0.2) is 5.76 Å². The molecule has 0 spiro atoms. The van der Waals surface area contributed by atoms with Crippen LogP contribution in [0, 0.1) is 6.92 Å². The van der Waals surface area contributed by atoms with E-state index in [0.29, 0.717) is 22.9 Å². The average Bonchev–Trinajstić information content (AvgIpc) is 2.64. The smallest absolute Gasteiger partial charge is 0.225 e. The number of furan rings is 1. The van der Waals surface area contributed by atoms with E-state index in [4.69, 9.17) is 14.7 Å². The lowest BCUT2D eigenvalue weighted by Gasteiger charge is -1.89. The van der Waals surface area contributed by atoms with Gasteiger partial charge in [-0.3, -0.25) is 0 Å². The van der Waals surface area contributed by atoms with Gasteiger partial charge in [-0.15, -0.1) is 0 Å². The average molecular weight is 164 g/mol. The van der Waals surface area contributed by atoms with E-state index in [9.17, 15) is 0 Å². The molecular formula is C8H8N2O2. The predicted octanol–water partition coefficient (Wildman–Crippen LogP) is 1.83. The second kappa shape index (κ2) is 2.41. The van der Waals surface area contributed by atoms with Crippen molar-refractivity contribution in [2.45, 2.75) is 6.92 Å². The minimum atomic E-state index is 0.498. The van der Waals surface area contributed by atoms with E-state index in [1.54, 1.807) is 25.3 Å². The van der Waals surface area contributed by atoms with Gasteiger partial charge in [-0.25, -0.2) is 0 Å². The normalized spacial score (nSPS) is 10.4. The Kier molecular flexibility index (Phi) is 1.40. The van der Waals surface area contributed by atoms with Crippen molar-refractivity contribution in [3.05, 3.63) is 24.1 Å². The molecule has 0 radical (unpaired) electrons. The first kappa shape index (κ1) is 6.97. The Morgan fingerprint density at radius 1 is 1.50 bits per heavy atom. The molecule has 0 aromatic carbocycles. The zero-order valence-corrected chi connectivity index (χ0v) is 6.57. The zero-order valence-electron chi connectivity index (χ0n) is 6.57. The fourth-order valence-electron chi connectivity index (χ4n) is 0.962. The van der Waals surface area contributed by atoms with E-state index in [1.165, 1.54) is 0 Å². The van der Waals surface area contributed by atoms with E-state index in [-0.39, 0.29) is 0 Å². The third-order valence-corrected chi connectivity index (χ3v) is 1.65. The molecule has 4 nitrogen and oxygen atoms in total. The highest BCUT2D eigenvalue weighted by Crippen LogP contribution is 2.27. The summed E-state index contributed by atoms with van der Waals surface area (Å²) in [5, 5.41) is 3.71. The molecule has 2 aromatic heterocycles. The number of nitrogens with two attached hydrogens (primary N) is 1. The van der Waals surface area contributed by atoms with Crippen LogP contribution in [0.25, 0.3) is 11.5 Å². The van der Waals surface area contributed by atoms with Crippen LogP contribution in [0.15, 0.2) is 27.3 Å². The molecule has 0 saturated heterocycles. The summed E-state index contributed by atoms with van der Waals surface area (Å²) in [7, 11) is 0. The maximum Gasteiger partial charge on any atom is 0.225 e. The Morgan fingerprint density at radius 2 is 2.33 bits per heavy atom. The van der Waals surface area contributed by atoms with E-state index in [1.807, 2.05) is 0 Å². The van der Waals surface area contributed by atoms with E-state index >= 15 is 0 Å². The molecule has 2 rings (SSSR count). The first-order valence-corrected chi connectivity index (χ1v) is 3.54. The van der Waals surface area contributed by atoms with Crippen molar-refractivity contribution >= 4 is 5.69 Å². The highest BCUT2D eigenvalue weighted by atomic mass is 16.5. The molecule has 0 aliphatic carbocycles. The van der Waals surface area contributed by atoms with Crippen LogP contribution >= 0.6 is 0 Å². The first-order chi connectivity index (χ1) is 5.79. The van der Waals surface area contributed by atoms with Gasteiger partial charge in [0.2, 0.25) is 5.76 Å². The summed E-state index contributed by atoms with van der Waals surface area (Å²) in [6.07, 6.45) is 1.56. The maximum atomic E-state index is 5.68. The second-order valence-corrected chi connectivity index (χ2v) is 2.49. The lowest BCUT2D eigenvalue weighted by molar-refractivity contribution is 0.414. The molecule has 0 atom stereocenters.